The Balaban J connectivity index is 1.50. The maximum atomic E-state index is 12.5. The molecule has 1 aromatic rings. The van der Waals surface area contributed by atoms with Crippen molar-refractivity contribution in [3.63, 3.8) is 0 Å². The van der Waals surface area contributed by atoms with Crippen LogP contribution in [-0.2, 0) is 6.42 Å². The molecule has 0 aliphatic carbocycles. The molecule has 21 heavy (non-hydrogen) atoms. The highest BCUT2D eigenvalue weighted by Gasteiger charge is 2.42. The van der Waals surface area contributed by atoms with Crippen molar-refractivity contribution in [2.75, 3.05) is 12.8 Å². The van der Waals surface area contributed by atoms with Gasteiger partial charge in [0.05, 0.1) is 0 Å². The van der Waals surface area contributed by atoms with Crippen molar-refractivity contribution < 1.29 is 4.79 Å². The summed E-state index contributed by atoms with van der Waals surface area (Å²) in [6.45, 7) is 0.727. The number of urea groups is 1. The molecule has 2 heterocycles. The molecule has 2 saturated heterocycles. The van der Waals surface area contributed by atoms with Gasteiger partial charge in [-0.25, -0.2) is 4.79 Å². The van der Waals surface area contributed by atoms with Crippen LogP contribution >= 0.6 is 11.8 Å². The number of piperidine rings is 1. The SMILES string of the molecule is CSC1CC2CCC(C1)N2C(=O)NCCc1ccccc1. The average molecular weight is 304 g/mol. The molecular weight excluding hydrogens is 280 g/mol. The molecule has 2 atom stereocenters. The highest BCUT2D eigenvalue weighted by molar-refractivity contribution is 7.99. The van der Waals surface area contributed by atoms with E-state index in [1.165, 1.54) is 31.2 Å². The van der Waals surface area contributed by atoms with E-state index in [1.54, 1.807) is 0 Å². The van der Waals surface area contributed by atoms with E-state index in [9.17, 15) is 4.79 Å². The Hall–Kier alpha value is -1.16. The van der Waals surface area contributed by atoms with Crippen LogP contribution < -0.4 is 5.32 Å². The number of nitrogens with one attached hydrogen (secondary N) is 1. The van der Waals surface area contributed by atoms with Crippen LogP contribution in [0, 0.1) is 0 Å². The van der Waals surface area contributed by atoms with Gasteiger partial charge in [0.2, 0.25) is 0 Å². The van der Waals surface area contributed by atoms with Gasteiger partial charge in [-0.15, -0.1) is 0 Å². The van der Waals surface area contributed by atoms with Gasteiger partial charge in [0.1, 0.15) is 0 Å². The fourth-order valence-corrected chi connectivity index (χ4v) is 4.53. The Morgan fingerprint density at radius 3 is 2.52 bits per heavy atom. The van der Waals surface area contributed by atoms with E-state index in [-0.39, 0.29) is 6.03 Å². The maximum Gasteiger partial charge on any atom is 0.317 e. The first-order valence-corrected chi connectivity index (χ1v) is 9.19. The van der Waals surface area contributed by atoms with Crippen molar-refractivity contribution in [3.05, 3.63) is 35.9 Å². The lowest BCUT2D eigenvalue weighted by atomic mass is 10.0. The number of thioether (sulfide) groups is 1. The minimum Gasteiger partial charge on any atom is -0.338 e. The summed E-state index contributed by atoms with van der Waals surface area (Å²) in [4.78, 5) is 14.6. The second-order valence-corrected chi connectivity index (χ2v) is 7.23. The van der Waals surface area contributed by atoms with E-state index in [0.717, 1.165) is 18.2 Å². The third-order valence-corrected chi connectivity index (χ3v) is 5.84. The van der Waals surface area contributed by atoms with Crippen molar-refractivity contribution in [1.29, 1.82) is 0 Å². The average Bonchev–Trinajstić information content (AvgIpc) is 2.78. The molecule has 2 fully saturated rings. The number of hydrogen-bond donors (Lipinski definition) is 1. The Bertz CT molecular complexity index is 465. The normalized spacial score (nSPS) is 27.7. The molecule has 2 amide bonds. The third-order valence-electron chi connectivity index (χ3n) is 4.79. The van der Waals surface area contributed by atoms with E-state index >= 15 is 0 Å². The quantitative estimate of drug-likeness (QED) is 0.925. The molecule has 0 radical (unpaired) electrons. The Morgan fingerprint density at radius 2 is 1.90 bits per heavy atom. The largest absolute Gasteiger partial charge is 0.338 e. The van der Waals surface area contributed by atoms with Crippen LogP contribution in [0.1, 0.15) is 31.2 Å². The fourth-order valence-electron chi connectivity index (χ4n) is 3.70. The zero-order valence-corrected chi connectivity index (χ0v) is 13.4. The zero-order chi connectivity index (χ0) is 14.7. The summed E-state index contributed by atoms with van der Waals surface area (Å²) >= 11 is 1.96. The lowest BCUT2D eigenvalue weighted by Gasteiger charge is -2.38. The van der Waals surface area contributed by atoms with Crippen LogP contribution in [0.5, 0.6) is 0 Å². The van der Waals surface area contributed by atoms with Crippen LogP contribution in [0.2, 0.25) is 0 Å². The van der Waals surface area contributed by atoms with Gasteiger partial charge in [-0.2, -0.15) is 11.8 Å². The van der Waals surface area contributed by atoms with Crippen LogP contribution in [-0.4, -0.2) is 41.1 Å². The van der Waals surface area contributed by atoms with Gasteiger partial charge >= 0.3 is 6.03 Å². The van der Waals surface area contributed by atoms with E-state index in [1.807, 2.05) is 30.0 Å². The van der Waals surface area contributed by atoms with Crippen LogP contribution in [0.15, 0.2) is 30.3 Å². The number of fused-ring (bicyclic) bond motifs is 2. The fraction of sp³-hybridized carbons (Fsp3) is 0.588. The first-order chi connectivity index (χ1) is 10.3. The number of rotatable bonds is 4. The van der Waals surface area contributed by atoms with Gasteiger partial charge in [-0.3, -0.25) is 0 Å². The van der Waals surface area contributed by atoms with Crippen molar-refractivity contribution in [2.24, 2.45) is 0 Å². The van der Waals surface area contributed by atoms with Crippen molar-refractivity contribution in [2.45, 2.75) is 49.4 Å². The molecule has 0 spiro atoms. The molecule has 0 aromatic heterocycles. The standard InChI is InChI=1S/C17H24N2OS/c1-21-16-11-14-7-8-15(12-16)19(14)17(20)18-10-9-13-5-3-2-4-6-13/h2-6,14-16H,7-12H2,1H3,(H,18,20). The van der Waals surface area contributed by atoms with Crippen LogP contribution in [0.4, 0.5) is 4.79 Å². The van der Waals surface area contributed by atoms with Crippen molar-refractivity contribution >= 4 is 17.8 Å². The predicted octanol–water partition coefficient (Wildman–Crippen LogP) is 3.30. The van der Waals surface area contributed by atoms with E-state index < -0.39 is 0 Å². The molecular formula is C17H24N2OS. The highest BCUT2D eigenvalue weighted by atomic mass is 32.2. The summed E-state index contributed by atoms with van der Waals surface area (Å²) in [6.07, 6.45) is 7.82. The molecule has 3 rings (SSSR count). The number of carbonyl (C=O) groups is 1. The predicted molar refractivity (Wildman–Crippen MR) is 88.7 cm³/mol. The van der Waals surface area contributed by atoms with Crippen molar-refractivity contribution in [1.82, 2.24) is 10.2 Å². The van der Waals surface area contributed by atoms with E-state index in [4.69, 9.17) is 0 Å². The molecule has 1 aromatic carbocycles. The van der Waals surface area contributed by atoms with Crippen molar-refractivity contribution in [3.8, 4) is 0 Å². The molecule has 4 heteroatoms. The molecule has 114 valence electrons. The third kappa shape index (κ3) is 3.37. The number of carbonyl (C=O) groups excluding carboxylic acids is 1. The first kappa shape index (κ1) is 14.8. The molecule has 2 bridgehead atoms. The van der Waals surface area contributed by atoms with E-state index in [2.05, 4.69) is 28.6 Å². The second-order valence-electron chi connectivity index (χ2n) is 6.09. The number of amides is 2. The summed E-state index contributed by atoms with van der Waals surface area (Å²) < 4.78 is 0. The molecule has 2 unspecified atom stereocenters. The van der Waals surface area contributed by atoms with Gasteiger partial charge in [-0.05, 0) is 43.9 Å². The minimum atomic E-state index is 0.151. The van der Waals surface area contributed by atoms with Crippen LogP contribution in [0.25, 0.3) is 0 Å². The summed E-state index contributed by atoms with van der Waals surface area (Å²) in [5.74, 6) is 0. The monoisotopic (exact) mass is 304 g/mol. The topological polar surface area (TPSA) is 32.3 Å². The van der Waals surface area contributed by atoms with Gasteiger partial charge in [0, 0.05) is 23.9 Å². The summed E-state index contributed by atoms with van der Waals surface area (Å²) in [5, 5.41) is 3.86. The molecule has 0 saturated carbocycles. The lowest BCUT2D eigenvalue weighted by Crippen LogP contribution is -2.51. The highest BCUT2D eigenvalue weighted by Crippen LogP contribution is 2.39. The molecule has 2 aliphatic rings. The maximum absolute atomic E-state index is 12.5. The second kappa shape index (κ2) is 6.73. The first-order valence-electron chi connectivity index (χ1n) is 7.91. The number of benzene rings is 1. The number of hydrogen-bond acceptors (Lipinski definition) is 2. The summed E-state index contributed by atoms with van der Waals surface area (Å²) in [6, 6.07) is 11.4. The smallest absolute Gasteiger partial charge is 0.317 e. The van der Waals surface area contributed by atoms with Gasteiger partial charge in [0.15, 0.2) is 0 Å². The van der Waals surface area contributed by atoms with Gasteiger partial charge < -0.3 is 10.2 Å². The Morgan fingerprint density at radius 1 is 1.24 bits per heavy atom. The molecule has 2 aliphatic heterocycles. The minimum absolute atomic E-state index is 0.151. The zero-order valence-electron chi connectivity index (χ0n) is 12.6. The summed E-state index contributed by atoms with van der Waals surface area (Å²) in [5.41, 5.74) is 1.28. The summed E-state index contributed by atoms with van der Waals surface area (Å²) in [7, 11) is 0. The van der Waals surface area contributed by atoms with E-state index in [0.29, 0.717) is 12.1 Å². The van der Waals surface area contributed by atoms with Gasteiger partial charge in [0.25, 0.3) is 0 Å². The van der Waals surface area contributed by atoms with Crippen LogP contribution in [0.3, 0.4) is 0 Å². The molecule has 3 nitrogen and oxygen atoms in total. The Kier molecular flexibility index (Phi) is 4.73. The number of nitrogens with zero attached hydrogens (tertiary/aromatic N) is 1. The lowest BCUT2D eigenvalue weighted by molar-refractivity contribution is 0.149. The molecule has 1 N–H and O–H groups in total. The Labute approximate surface area is 131 Å². The van der Waals surface area contributed by atoms with Gasteiger partial charge in [-0.1, -0.05) is 30.3 Å².